The molecular weight excluding hydrogens is 441 g/mol. The highest BCUT2D eigenvalue weighted by atomic mass is 32.1. The Bertz CT molecular complexity index is 1450. The average Bonchev–Trinajstić information content (AvgIpc) is 3.33. The average molecular weight is 460 g/mol. The number of carbonyl (C=O) groups excluding carboxylic acids is 2. The molecule has 33 heavy (non-hydrogen) atoms. The maximum atomic E-state index is 13.4. The molecule has 0 spiro atoms. The number of aliphatic hydroxyl groups is 1. The van der Waals surface area contributed by atoms with Crippen LogP contribution >= 0.6 is 11.3 Å². The molecule has 1 amide bonds. The van der Waals surface area contributed by atoms with Gasteiger partial charge in [0.05, 0.1) is 21.8 Å². The number of anilines is 1. The number of ketones is 1. The molecule has 0 radical (unpaired) electrons. The third-order valence-corrected chi connectivity index (χ3v) is 6.59. The van der Waals surface area contributed by atoms with Crippen LogP contribution in [0.5, 0.6) is 0 Å². The molecule has 2 aromatic carbocycles. The van der Waals surface area contributed by atoms with Crippen LogP contribution in [-0.2, 0) is 9.59 Å². The molecular formula is C25H18FN3O3S. The summed E-state index contributed by atoms with van der Waals surface area (Å²) in [6.45, 7) is 3.93. The van der Waals surface area contributed by atoms with Crippen LogP contribution in [-0.4, -0.2) is 26.8 Å². The predicted octanol–water partition coefficient (Wildman–Crippen LogP) is 5.07. The van der Waals surface area contributed by atoms with Crippen molar-refractivity contribution in [1.29, 1.82) is 0 Å². The zero-order valence-corrected chi connectivity index (χ0v) is 18.6. The third-order valence-electron chi connectivity index (χ3n) is 5.59. The number of halogens is 1. The van der Waals surface area contributed by atoms with Crippen LogP contribution in [0.2, 0.25) is 0 Å². The number of benzene rings is 2. The van der Waals surface area contributed by atoms with Crippen molar-refractivity contribution in [3.63, 3.8) is 0 Å². The van der Waals surface area contributed by atoms with Crippen molar-refractivity contribution in [2.45, 2.75) is 19.9 Å². The Balaban J connectivity index is 1.73. The normalized spacial score (nSPS) is 17.8. The molecule has 6 nitrogen and oxygen atoms in total. The van der Waals surface area contributed by atoms with Gasteiger partial charge in [-0.05, 0) is 66.9 Å². The summed E-state index contributed by atoms with van der Waals surface area (Å²) >= 11 is 1.31. The van der Waals surface area contributed by atoms with Crippen molar-refractivity contribution in [3.8, 4) is 0 Å². The van der Waals surface area contributed by atoms with E-state index >= 15 is 0 Å². The summed E-state index contributed by atoms with van der Waals surface area (Å²) in [6, 6.07) is 11.6. The number of hydrogen-bond donors (Lipinski definition) is 1. The van der Waals surface area contributed by atoms with Gasteiger partial charge in [0.1, 0.15) is 11.6 Å². The highest BCUT2D eigenvalue weighted by Gasteiger charge is 2.48. The SMILES string of the molecule is Cc1cc(C)c2nc(N3C(=O)C(=O)/C(=C(/O)c4ccc(F)cc4)C3c3cccnc3)sc2c1. The first-order chi connectivity index (χ1) is 15.8. The summed E-state index contributed by atoms with van der Waals surface area (Å²) in [6.07, 6.45) is 3.13. The minimum Gasteiger partial charge on any atom is -0.507 e. The lowest BCUT2D eigenvalue weighted by Gasteiger charge is -2.22. The molecule has 5 rings (SSSR count). The van der Waals surface area contributed by atoms with Gasteiger partial charge in [0.2, 0.25) is 0 Å². The largest absolute Gasteiger partial charge is 0.507 e. The lowest BCUT2D eigenvalue weighted by molar-refractivity contribution is -0.132. The Labute approximate surface area is 192 Å². The number of Topliss-reactive ketones (excluding diaryl/α,β-unsaturated/α-hetero) is 1. The molecule has 1 unspecified atom stereocenters. The van der Waals surface area contributed by atoms with Gasteiger partial charge < -0.3 is 5.11 Å². The van der Waals surface area contributed by atoms with Crippen LogP contribution in [0, 0.1) is 19.7 Å². The van der Waals surface area contributed by atoms with Gasteiger partial charge in [0.25, 0.3) is 5.78 Å². The summed E-state index contributed by atoms with van der Waals surface area (Å²) < 4.78 is 14.3. The second-order valence-corrected chi connectivity index (χ2v) is 8.90. The van der Waals surface area contributed by atoms with Crippen molar-refractivity contribution in [2.24, 2.45) is 0 Å². The molecule has 0 aliphatic carbocycles. The van der Waals surface area contributed by atoms with Crippen LogP contribution in [0.4, 0.5) is 9.52 Å². The molecule has 1 atom stereocenters. The second-order valence-electron chi connectivity index (χ2n) is 7.89. The van der Waals surface area contributed by atoms with E-state index in [0.29, 0.717) is 10.7 Å². The van der Waals surface area contributed by atoms with Gasteiger partial charge in [0.15, 0.2) is 5.13 Å². The molecule has 1 fully saturated rings. The first-order valence-electron chi connectivity index (χ1n) is 10.2. The Morgan fingerprint density at radius 2 is 1.88 bits per heavy atom. The van der Waals surface area contributed by atoms with Gasteiger partial charge in [-0.1, -0.05) is 23.5 Å². The molecule has 2 aromatic heterocycles. The van der Waals surface area contributed by atoms with Gasteiger partial charge in [-0.3, -0.25) is 19.5 Å². The van der Waals surface area contributed by atoms with Crippen LogP contribution in [0.1, 0.15) is 28.3 Å². The zero-order valence-electron chi connectivity index (χ0n) is 17.7. The van der Waals surface area contributed by atoms with Gasteiger partial charge in [-0.25, -0.2) is 9.37 Å². The molecule has 4 aromatic rings. The van der Waals surface area contributed by atoms with Gasteiger partial charge >= 0.3 is 5.91 Å². The van der Waals surface area contributed by atoms with E-state index in [2.05, 4.69) is 9.97 Å². The summed E-state index contributed by atoms with van der Waals surface area (Å²) in [4.78, 5) is 36.5. The number of nitrogens with zero attached hydrogens (tertiary/aromatic N) is 3. The number of rotatable bonds is 3. The highest BCUT2D eigenvalue weighted by molar-refractivity contribution is 7.22. The van der Waals surface area contributed by atoms with Gasteiger partial charge in [-0.2, -0.15) is 0 Å². The number of aliphatic hydroxyl groups excluding tert-OH is 1. The van der Waals surface area contributed by atoms with Crippen molar-refractivity contribution in [3.05, 3.63) is 94.6 Å². The van der Waals surface area contributed by atoms with Crippen molar-refractivity contribution in [2.75, 3.05) is 4.90 Å². The number of amides is 1. The monoisotopic (exact) mass is 459 g/mol. The van der Waals surface area contributed by atoms with Gasteiger partial charge in [0, 0.05) is 18.0 Å². The summed E-state index contributed by atoms with van der Waals surface area (Å²) in [5.41, 5.74) is 3.48. The van der Waals surface area contributed by atoms with E-state index in [-0.39, 0.29) is 16.9 Å². The predicted molar refractivity (Wildman–Crippen MR) is 125 cm³/mol. The highest BCUT2D eigenvalue weighted by Crippen LogP contribution is 2.44. The molecule has 0 bridgehead atoms. The number of aromatic nitrogens is 2. The maximum absolute atomic E-state index is 13.4. The Morgan fingerprint density at radius 1 is 1.12 bits per heavy atom. The smallest absolute Gasteiger partial charge is 0.301 e. The molecule has 1 N–H and O–H groups in total. The summed E-state index contributed by atoms with van der Waals surface area (Å²) in [7, 11) is 0. The number of aryl methyl sites for hydroxylation is 2. The lowest BCUT2D eigenvalue weighted by atomic mass is 9.96. The van der Waals surface area contributed by atoms with Crippen LogP contribution in [0.3, 0.4) is 0 Å². The molecule has 1 aliphatic rings. The summed E-state index contributed by atoms with van der Waals surface area (Å²) in [5.74, 6) is -2.48. The molecule has 0 saturated carbocycles. The zero-order chi connectivity index (χ0) is 23.3. The number of pyridine rings is 1. The number of hydrogen-bond acceptors (Lipinski definition) is 6. The minimum atomic E-state index is -0.925. The van der Waals surface area contributed by atoms with E-state index in [0.717, 1.165) is 21.3 Å². The first-order valence-corrected chi connectivity index (χ1v) is 11.0. The Kier molecular flexibility index (Phi) is 5.02. The quantitative estimate of drug-likeness (QED) is 0.263. The molecule has 3 heterocycles. The standard InChI is InChI=1S/C25H18FN3O3S/c1-13-10-14(2)20-18(11-13)33-25(28-20)29-21(16-4-3-9-27-12-16)19(23(31)24(29)32)22(30)15-5-7-17(26)8-6-15/h3-12,21,30H,1-2H3/b22-19+. The van der Waals surface area contributed by atoms with E-state index in [9.17, 15) is 19.1 Å². The molecule has 1 aliphatic heterocycles. The van der Waals surface area contributed by atoms with E-state index in [4.69, 9.17) is 0 Å². The third kappa shape index (κ3) is 3.48. The number of fused-ring (bicyclic) bond motifs is 1. The van der Waals surface area contributed by atoms with E-state index in [1.165, 1.54) is 40.5 Å². The number of thiazole rings is 1. The topological polar surface area (TPSA) is 83.4 Å². The van der Waals surface area contributed by atoms with Crippen LogP contribution in [0.15, 0.2) is 66.5 Å². The Morgan fingerprint density at radius 3 is 2.58 bits per heavy atom. The van der Waals surface area contributed by atoms with E-state index in [1.54, 1.807) is 24.5 Å². The fraction of sp³-hybridized carbons (Fsp3) is 0.120. The second kappa shape index (κ2) is 7.90. The fourth-order valence-corrected chi connectivity index (χ4v) is 5.28. The fourth-order valence-electron chi connectivity index (χ4n) is 4.11. The van der Waals surface area contributed by atoms with Gasteiger partial charge in [-0.15, -0.1) is 0 Å². The Hall–Kier alpha value is -3.91. The number of carbonyl (C=O) groups is 2. The molecule has 164 valence electrons. The lowest BCUT2D eigenvalue weighted by Crippen LogP contribution is -2.29. The molecule has 1 saturated heterocycles. The van der Waals surface area contributed by atoms with Crippen molar-refractivity contribution in [1.82, 2.24) is 9.97 Å². The van der Waals surface area contributed by atoms with E-state index in [1.807, 2.05) is 26.0 Å². The maximum Gasteiger partial charge on any atom is 0.301 e. The van der Waals surface area contributed by atoms with E-state index < -0.39 is 23.5 Å². The molecule has 8 heteroatoms. The van der Waals surface area contributed by atoms with Crippen LogP contribution in [0.25, 0.3) is 16.0 Å². The minimum absolute atomic E-state index is 0.0910. The first kappa shape index (κ1) is 21.0. The van der Waals surface area contributed by atoms with Crippen molar-refractivity contribution >= 4 is 44.1 Å². The summed E-state index contributed by atoms with van der Waals surface area (Å²) in [5, 5.41) is 11.4. The van der Waals surface area contributed by atoms with Crippen LogP contribution < -0.4 is 4.90 Å². The van der Waals surface area contributed by atoms with Crippen molar-refractivity contribution < 1.29 is 19.1 Å².